The maximum Gasteiger partial charge on any atom is 0.350 e. The lowest BCUT2D eigenvalue weighted by Crippen LogP contribution is -2.49. The lowest BCUT2D eigenvalue weighted by atomic mass is 9.55. The van der Waals surface area contributed by atoms with E-state index in [0.29, 0.717) is 6.10 Å². The quantitative estimate of drug-likeness (QED) is 0.491. The molecular weight excluding hydrogens is 220 g/mol. The van der Waals surface area contributed by atoms with Crippen LogP contribution in [0.2, 0.25) is 0 Å². The summed E-state index contributed by atoms with van der Waals surface area (Å²) < 4.78 is 6.36. The van der Waals surface area contributed by atoms with Gasteiger partial charge in [-0.15, -0.1) is 0 Å². The highest BCUT2D eigenvalue weighted by Crippen LogP contribution is 2.54. The summed E-state index contributed by atoms with van der Waals surface area (Å²) in [5, 5.41) is 0. The topological polar surface area (TPSA) is 11.3 Å². The Kier molecular flexibility index (Phi) is 2.36. The summed E-state index contributed by atoms with van der Waals surface area (Å²) in [6.45, 7) is 4.08. The second-order valence-electron chi connectivity index (χ2n) is 6.62. The third kappa shape index (κ3) is 1.64. The molecule has 18 heavy (non-hydrogen) atoms. The zero-order valence-corrected chi connectivity index (χ0v) is 10.8. The summed E-state index contributed by atoms with van der Waals surface area (Å²) in [5.74, 6) is 4.68. The van der Waals surface area contributed by atoms with Gasteiger partial charge in [0.15, 0.2) is 0 Å². The highest BCUT2D eigenvalue weighted by atomic mass is 16.4. The third-order valence-electron chi connectivity index (χ3n) is 5.38. The molecule has 0 saturated heterocycles. The first-order chi connectivity index (χ1) is 8.79. The van der Waals surface area contributed by atoms with Crippen molar-refractivity contribution in [2.45, 2.75) is 38.2 Å². The first-order valence-corrected chi connectivity index (χ1v) is 7.37. The van der Waals surface area contributed by atoms with Crippen molar-refractivity contribution in [1.82, 2.24) is 0 Å². The predicted molar refractivity (Wildman–Crippen MR) is 73.3 cm³/mol. The Bertz CT molecular complexity index is 438. The largest absolute Gasteiger partial charge is 0.350 e. The monoisotopic (exact) mass is 241 g/mol. The van der Waals surface area contributed by atoms with E-state index < -0.39 is 0 Å². The van der Waals surface area contributed by atoms with Crippen LogP contribution in [0.25, 0.3) is 0 Å². The summed E-state index contributed by atoms with van der Waals surface area (Å²) in [6, 6.07) is 0. The SMILES string of the molecule is C=C1C=CC=CC1=[O+]C1C2CC3CC(C2)CC1C3. The molecule has 0 aromatic rings. The molecule has 0 heterocycles. The van der Waals surface area contributed by atoms with E-state index in [2.05, 4.69) is 18.7 Å². The smallest absolute Gasteiger partial charge is 0.250 e. The molecule has 4 fully saturated rings. The normalized spacial score (nSPS) is 47.2. The van der Waals surface area contributed by atoms with Crippen molar-refractivity contribution in [3.63, 3.8) is 0 Å². The molecule has 1 heteroatoms. The van der Waals surface area contributed by atoms with Crippen LogP contribution in [-0.4, -0.2) is 11.9 Å². The van der Waals surface area contributed by atoms with Crippen molar-refractivity contribution in [3.8, 4) is 0 Å². The molecule has 0 N–H and O–H groups in total. The van der Waals surface area contributed by atoms with Gasteiger partial charge in [-0.3, -0.25) is 4.42 Å². The van der Waals surface area contributed by atoms with Crippen LogP contribution < -0.4 is 0 Å². The molecule has 0 aromatic heterocycles. The van der Waals surface area contributed by atoms with Gasteiger partial charge in [0.2, 0.25) is 0 Å². The number of hydrogen-bond acceptors (Lipinski definition) is 0. The minimum atomic E-state index is 0.473. The average molecular weight is 241 g/mol. The first-order valence-electron chi connectivity index (χ1n) is 7.37. The molecule has 0 unspecified atom stereocenters. The molecule has 5 rings (SSSR count). The van der Waals surface area contributed by atoms with Gasteiger partial charge in [0.1, 0.15) is 0 Å². The van der Waals surface area contributed by atoms with E-state index in [9.17, 15) is 0 Å². The minimum Gasteiger partial charge on any atom is -0.250 e. The molecule has 0 amide bonds. The van der Waals surface area contributed by atoms with E-state index in [1.807, 2.05) is 12.2 Å². The Morgan fingerprint density at radius 1 is 0.889 bits per heavy atom. The van der Waals surface area contributed by atoms with Gasteiger partial charge in [-0.25, -0.2) is 0 Å². The Morgan fingerprint density at radius 3 is 2.11 bits per heavy atom. The lowest BCUT2D eigenvalue weighted by molar-refractivity contribution is -0.536. The van der Waals surface area contributed by atoms with E-state index in [-0.39, 0.29) is 0 Å². The van der Waals surface area contributed by atoms with E-state index in [1.165, 1.54) is 32.1 Å². The van der Waals surface area contributed by atoms with Crippen LogP contribution in [0.3, 0.4) is 0 Å². The third-order valence-corrected chi connectivity index (χ3v) is 5.38. The Labute approximate surface area is 109 Å². The Balaban J connectivity index is 1.62. The van der Waals surface area contributed by atoms with Crippen molar-refractivity contribution < 1.29 is 4.42 Å². The van der Waals surface area contributed by atoms with Crippen LogP contribution in [-0.2, 0) is 4.42 Å². The van der Waals surface area contributed by atoms with Crippen LogP contribution in [0, 0.1) is 23.7 Å². The van der Waals surface area contributed by atoms with Gasteiger partial charge in [0.25, 0.3) is 6.10 Å². The fourth-order valence-corrected chi connectivity index (χ4v) is 4.83. The van der Waals surface area contributed by atoms with E-state index >= 15 is 0 Å². The lowest BCUT2D eigenvalue weighted by Gasteiger charge is -2.48. The number of allylic oxidation sites excluding steroid dienone is 5. The van der Waals surface area contributed by atoms with Crippen molar-refractivity contribution in [2.75, 3.05) is 0 Å². The summed E-state index contributed by atoms with van der Waals surface area (Å²) in [4.78, 5) is 0. The maximum absolute atomic E-state index is 6.36. The maximum atomic E-state index is 6.36. The number of hydrogen-bond donors (Lipinski definition) is 0. The highest BCUT2D eigenvalue weighted by Gasteiger charge is 2.54. The van der Waals surface area contributed by atoms with Crippen molar-refractivity contribution in [2.24, 2.45) is 23.7 Å². The van der Waals surface area contributed by atoms with Gasteiger partial charge in [-0.05, 0) is 50.0 Å². The summed E-state index contributed by atoms with van der Waals surface area (Å²) >= 11 is 0. The molecule has 1 nitrogen and oxygen atoms in total. The molecule has 0 aliphatic heterocycles. The average Bonchev–Trinajstić information content (AvgIpc) is 2.35. The molecule has 5 aliphatic rings. The molecule has 5 aliphatic carbocycles. The van der Waals surface area contributed by atoms with Crippen molar-refractivity contribution in [3.05, 3.63) is 36.5 Å². The summed E-state index contributed by atoms with van der Waals surface area (Å²) in [7, 11) is 0. The summed E-state index contributed by atoms with van der Waals surface area (Å²) in [5.41, 5.74) is 1.03. The van der Waals surface area contributed by atoms with Crippen LogP contribution in [0.15, 0.2) is 36.5 Å². The second kappa shape index (κ2) is 3.94. The predicted octanol–water partition coefficient (Wildman–Crippen LogP) is 3.60. The second-order valence-corrected chi connectivity index (χ2v) is 6.62. The van der Waals surface area contributed by atoms with Gasteiger partial charge < -0.3 is 0 Å². The number of ketones is 1. The minimum absolute atomic E-state index is 0.473. The van der Waals surface area contributed by atoms with Crippen molar-refractivity contribution in [1.29, 1.82) is 0 Å². The van der Waals surface area contributed by atoms with Crippen molar-refractivity contribution >= 4 is 5.78 Å². The molecule has 0 spiro atoms. The van der Waals surface area contributed by atoms with Gasteiger partial charge in [-0.1, -0.05) is 18.7 Å². The highest BCUT2D eigenvalue weighted by molar-refractivity contribution is 6.07. The Morgan fingerprint density at radius 2 is 1.50 bits per heavy atom. The standard InChI is InChI=1S/C17H21O/c1-11-4-2-3-5-16(11)18-17-14-7-12-6-13(9-14)10-15(17)8-12/h2-5,12-15,17H,1,6-10H2/q+1. The van der Waals surface area contributed by atoms with E-state index in [1.54, 1.807) is 0 Å². The molecule has 4 bridgehead atoms. The van der Waals surface area contributed by atoms with E-state index in [0.717, 1.165) is 35.0 Å². The van der Waals surface area contributed by atoms with Gasteiger partial charge in [0.05, 0.1) is 17.4 Å². The van der Waals surface area contributed by atoms with Crippen LogP contribution in [0.1, 0.15) is 32.1 Å². The number of carbonyl (C=O) groups excluding carboxylic acids is 1. The Hall–Kier alpha value is -1.11. The fourth-order valence-electron chi connectivity index (χ4n) is 4.83. The molecule has 0 radical (unpaired) electrons. The van der Waals surface area contributed by atoms with Crippen LogP contribution in [0.5, 0.6) is 0 Å². The zero-order valence-electron chi connectivity index (χ0n) is 10.8. The van der Waals surface area contributed by atoms with Gasteiger partial charge in [-0.2, -0.15) is 0 Å². The molecular formula is C17H21O+. The fraction of sp³-hybridized carbons (Fsp3) is 0.588. The molecule has 0 atom stereocenters. The zero-order chi connectivity index (χ0) is 12.1. The molecule has 4 saturated carbocycles. The van der Waals surface area contributed by atoms with Gasteiger partial charge >= 0.3 is 5.78 Å². The van der Waals surface area contributed by atoms with Gasteiger partial charge in [0, 0.05) is 6.08 Å². The number of rotatable bonds is 1. The molecule has 0 aromatic carbocycles. The van der Waals surface area contributed by atoms with Crippen LogP contribution in [0.4, 0.5) is 0 Å². The molecule has 94 valence electrons. The summed E-state index contributed by atoms with van der Waals surface area (Å²) in [6.07, 6.45) is 15.8. The first kappa shape index (κ1) is 10.8. The van der Waals surface area contributed by atoms with Crippen LogP contribution >= 0.6 is 0 Å². The van der Waals surface area contributed by atoms with E-state index in [4.69, 9.17) is 4.42 Å².